The van der Waals surface area contributed by atoms with Gasteiger partial charge in [0.1, 0.15) is 0 Å². The second-order valence-corrected chi connectivity index (χ2v) is 5.75. The lowest BCUT2D eigenvalue weighted by Gasteiger charge is -2.31. The van der Waals surface area contributed by atoms with Crippen molar-refractivity contribution in [1.29, 1.82) is 0 Å². The predicted octanol–water partition coefficient (Wildman–Crippen LogP) is 3.61. The fraction of sp³-hybridized carbons (Fsp3) is 0.923. The molecule has 0 aliphatic carbocycles. The molecule has 1 amide bonds. The van der Waals surface area contributed by atoms with Crippen LogP contribution in [0, 0.1) is 10.8 Å². The molecule has 0 atom stereocenters. The zero-order valence-electron chi connectivity index (χ0n) is 11.8. The summed E-state index contributed by atoms with van der Waals surface area (Å²) < 4.78 is 0. The Hall–Kier alpha value is -0.530. The van der Waals surface area contributed by atoms with E-state index in [1.807, 2.05) is 13.8 Å². The highest BCUT2D eigenvalue weighted by molar-refractivity contribution is 5.76. The summed E-state index contributed by atoms with van der Waals surface area (Å²) in [5.41, 5.74) is 0.385. The quantitative estimate of drug-likeness (QED) is 0.765. The Labute approximate surface area is 95.8 Å². The van der Waals surface area contributed by atoms with Crippen molar-refractivity contribution in [3.05, 3.63) is 0 Å². The molecule has 0 unspecified atom stereocenters. The molecule has 0 bridgehead atoms. The summed E-state index contributed by atoms with van der Waals surface area (Å²) in [6.45, 7) is 14.9. The van der Waals surface area contributed by atoms with Crippen molar-refractivity contribution in [2.24, 2.45) is 10.8 Å². The Balaban J connectivity index is 0. The molecule has 1 N–H and O–H groups in total. The molecule has 0 aromatic carbocycles. The summed E-state index contributed by atoms with van der Waals surface area (Å²) in [5.74, 6) is 0.134. The first-order valence-corrected chi connectivity index (χ1v) is 5.87. The molecule has 2 heteroatoms. The van der Waals surface area contributed by atoms with Crippen LogP contribution in [-0.4, -0.2) is 13.0 Å². The minimum atomic E-state index is 0.0956. The summed E-state index contributed by atoms with van der Waals surface area (Å²) in [6, 6.07) is 0. The molecule has 0 fully saturated rings. The monoisotopic (exact) mass is 215 g/mol. The van der Waals surface area contributed by atoms with E-state index in [0.717, 1.165) is 6.42 Å². The van der Waals surface area contributed by atoms with Crippen molar-refractivity contribution >= 4 is 5.91 Å². The van der Waals surface area contributed by atoms with Gasteiger partial charge < -0.3 is 5.32 Å². The third-order valence-electron chi connectivity index (χ3n) is 1.93. The van der Waals surface area contributed by atoms with E-state index in [-0.39, 0.29) is 16.7 Å². The van der Waals surface area contributed by atoms with Crippen molar-refractivity contribution in [3.8, 4) is 0 Å². The van der Waals surface area contributed by atoms with Gasteiger partial charge in [0.25, 0.3) is 0 Å². The highest BCUT2D eigenvalue weighted by Crippen LogP contribution is 2.35. The Morgan fingerprint density at radius 3 is 1.73 bits per heavy atom. The van der Waals surface area contributed by atoms with E-state index >= 15 is 0 Å². The topological polar surface area (TPSA) is 29.1 Å². The van der Waals surface area contributed by atoms with Crippen molar-refractivity contribution in [2.75, 3.05) is 7.05 Å². The Morgan fingerprint density at radius 2 is 1.47 bits per heavy atom. The van der Waals surface area contributed by atoms with Gasteiger partial charge in [-0.25, -0.2) is 0 Å². The van der Waals surface area contributed by atoms with Crippen molar-refractivity contribution < 1.29 is 4.79 Å². The van der Waals surface area contributed by atoms with E-state index in [0.29, 0.717) is 6.42 Å². The highest BCUT2D eigenvalue weighted by atomic mass is 16.1. The first-order valence-electron chi connectivity index (χ1n) is 5.87. The molecular formula is C13H29NO. The number of carbonyl (C=O) groups is 1. The molecule has 0 saturated carbocycles. The summed E-state index contributed by atoms with van der Waals surface area (Å²) in [5, 5.41) is 2.67. The van der Waals surface area contributed by atoms with Crippen LogP contribution in [0.2, 0.25) is 0 Å². The second kappa shape index (κ2) is 6.86. The minimum Gasteiger partial charge on any atom is -0.359 e. The largest absolute Gasteiger partial charge is 0.359 e. The summed E-state index contributed by atoms with van der Waals surface area (Å²) in [7, 11) is 1.69. The third kappa shape index (κ3) is 11.4. The molecule has 0 aliphatic rings. The normalized spacial score (nSPS) is 11.5. The number of amides is 1. The minimum absolute atomic E-state index is 0.0956. The van der Waals surface area contributed by atoms with E-state index in [1.165, 1.54) is 0 Å². The van der Waals surface area contributed by atoms with Gasteiger partial charge in [0, 0.05) is 13.5 Å². The molecular weight excluding hydrogens is 186 g/mol. The first kappa shape index (κ1) is 16.9. The van der Waals surface area contributed by atoms with E-state index in [4.69, 9.17) is 0 Å². The Morgan fingerprint density at radius 1 is 1.07 bits per heavy atom. The molecule has 0 spiro atoms. The van der Waals surface area contributed by atoms with Crippen molar-refractivity contribution in [2.45, 2.75) is 61.3 Å². The number of nitrogens with one attached hydrogen (secondary N) is 1. The summed E-state index contributed by atoms with van der Waals surface area (Å²) >= 11 is 0. The zero-order valence-corrected chi connectivity index (χ0v) is 11.8. The SMILES string of the molecule is CC.CNC(=O)CC(C)(C)CC(C)(C)C. The fourth-order valence-corrected chi connectivity index (χ4v) is 2.02. The van der Waals surface area contributed by atoms with Gasteiger partial charge in [-0.2, -0.15) is 0 Å². The van der Waals surface area contributed by atoms with Gasteiger partial charge in [0.2, 0.25) is 5.91 Å². The van der Waals surface area contributed by atoms with Gasteiger partial charge in [-0.3, -0.25) is 4.79 Å². The predicted molar refractivity (Wildman–Crippen MR) is 67.9 cm³/mol. The van der Waals surface area contributed by atoms with Gasteiger partial charge in [0.05, 0.1) is 0 Å². The van der Waals surface area contributed by atoms with E-state index in [2.05, 4.69) is 39.9 Å². The number of hydrogen-bond acceptors (Lipinski definition) is 1. The molecule has 0 aromatic rings. The zero-order chi connectivity index (χ0) is 12.7. The number of hydrogen-bond donors (Lipinski definition) is 1. The molecule has 2 nitrogen and oxygen atoms in total. The van der Waals surface area contributed by atoms with E-state index < -0.39 is 0 Å². The third-order valence-corrected chi connectivity index (χ3v) is 1.93. The van der Waals surface area contributed by atoms with Gasteiger partial charge in [-0.15, -0.1) is 0 Å². The maximum atomic E-state index is 11.2. The van der Waals surface area contributed by atoms with Crippen LogP contribution >= 0.6 is 0 Å². The average Bonchev–Trinajstić information content (AvgIpc) is 2.02. The molecule has 0 saturated heterocycles. The van der Waals surface area contributed by atoms with Crippen molar-refractivity contribution in [1.82, 2.24) is 5.32 Å². The maximum absolute atomic E-state index is 11.2. The number of carbonyl (C=O) groups excluding carboxylic acids is 1. The Kier molecular flexibility index (Phi) is 7.72. The Bertz CT molecular complexity index is 177. The summed E-state index contributed by atoms with van der Waals surface area (Å²) in [6.07, 6.45) is 1.67. The summed E-state index contributed by atoms with van der Waals surface area (Å²) in [4.78, 5) is 11.2. The highest BCUT2D eigenvalue weighted by Gasteiger charge is 2.27. The van der Waals surface area contributed by atoms with Crippen molar-refractivity contribution in [3.63, 3.8) is 0 Å². The lowest BCUT2D eigenvalue weighted by atomic mass is 9.74. The van der Waals surface area contributed by atoms with Gasteiger partial charge in [0.15, 0.2) is 0 Å². The molecule has 0 rings (SSSR count). The maximum Gasteiger partial charge on any atom is 0.220 e. The van der Waals surface area contributed by atoms with Crippen LogP contribution in [0.15, 0.2) is 0 Å². The lowest BCUT2D eigenvalue weighted by Crippen LogP contribution is -2.28. The molecule has 0 heterocycles. The van der Waals surface area contributed by atoms with Gasteiger partial charge >= 0.3 is 0 Å². The molecule has 0 aliphatic heterocycles. The van der Waals surface area contributed by atoms with Crippen LogP contribution in [0.4, 0.5) is 0 Å². The van der Waals surface area contributed by atoms with Gasteiger partial charge in [-0.1, -0.05) is 48.5 Å². The molecule has 15 heavy (non-hydrogen) atoms. The van der Waals surface area contributed by atoms with Crippen LogP contribution in [0.1, 0.15) is 61.3 Å². The molecule has 0 aromatic heterocycles. The van der Waals surface area contributed by atoms with Crippen LogP contribution in [0.25, 0.3) is 0 Å². The van der Waals surface area contributed by atoms with Crippen LogP contribution in [0.3, 0.4) is 0 Å². The number of rotatable bonds is 3. The van der Waals surface area contributed by atoms with Crippen LogP contribution in [-0.2, 0) is 4.79 Å². The van der Waals surface area contributed by atoms with E-state index in [1.54, 1.807) is 7.05 Å². The lowest BCUT2D eigenvalue weighted by molar-refractivity contribution is -0.122. The van der Waals surface area contributed by atoms with Gasteiger partial charge in [-0.05, 0) is 17.3 Å². The fourth-order valence-electron chi connectivity index (χ4n) is 2.02. The smallest absolute Gasteiger partial charge is 0.220 e. The first-order chi connectivity index (χ1) is 6.66. The average molecular weight is 215 g/mol. The van der Waals surface area contributed by atoms with Crippen LogP contribution < -0.4 is 5.32 Å². The molecule has 92 valence electrons. The molecule has 0 radical (unpaired) electrons. The standard InChI is InChI=1S/C11H23NO.C2H6/c1-10(2,3)8-11(4,5)7-9(13)12-6;1-2/h7-8H2,1-6H3,(H,12,13);1-2H3. The van der Waals surface area contributed by atoms with E-state index in [9.17, 15) is 4.79 Å². The second-order valence-electron chi connectivity index (χ2n) is 5.75. The van der Waals surface area contributed by atoms with Crippen LogP contribution in [0.5, 0.6) is 0 Å².